The molecule has 0 aliphatic heterocycles. The van der Waals surface area contributed by atoms with Gasteiger partial charge in [-0.3, -0.25) is 4.79 Å². The van der Waals surface area contributed by atoms with E-state index in [1.807, 2.05) is 75.4 Å². The number of H-pyrrole nitrogens is 1. The zero-order valence-corrected chi connectivity index (χ0v) is 22.1. The normalized spacial score (nSPS) is 11.9. The van der Waals surface area contributed by atoms with Crippen LogP contribution in [0.25, 0.3) is 5.69 Å². The van der Waals surface area contributed by atoms with Gasteiger partial charge in [-0.25, -0.2) is 15.2 Å². The average Bonchev–Trinajstić information content (AvgIpc) is 3.52. The lowest BCUT2D eigenvalue weighted by molar-refractivity contribution is -0.123. The largest absolute Gasteiger partial charge is 0.445 e. The lowest BCUT2D eigenvalue weighted by atomic mass is 10.1. The zero-order valence-electron chi connectivity index (χ0n) is 21.4. The molecule has 0 unspecified atom stereocenters. The summed E-state index contributed by atoms with van der Waals surface area (Å²) in [7, 11) is 0. The van der Waals surface area contributed by atoms with E-state index >= 15 is 0 Å². The van der Waals surface area contributed by atoms with Crippen LogP contribution in [0.5, 0.6) is 0 Å². The molecule has 2 aromatic carbocycles. The maximum Gasteiger partial charge on any atom is 0.408 e. The molecule has 0 bridgehead atoms. The van der Waals surface area contributed by atoms with Gasteiger partial charge in [-0.1, -0.05) is 48.0 Å². The number of hydrogen-bond acceptors (Lipinski definition) is 5. The third kappa shape index (κ3) is 6.68. The topological polar surface area (TPSA) is 113 Å². The number of amides is 2. The summed E-state index contributed by atoms with van der Waals surface area (Å²) in [6.07, 6.45) is 4.15. The summed E-state index contributed by atoms with van der Waals surface area (Å²) in [6, 6.07) is 16.2. The van der Waals surface area contributed by atoms with Crippen LogP contribution >= 0.6 is 11.6 Å². The smallest absolute Gasteiger partial charge is 0.408 e. The molecule has 10 heteroatoms. The number of halogens is 1. The highest BCUT2D eigenvalue weighted by molar-refractivity contribution is 6.31. The molecule has 2 aromatic heterocycles. The molecule has 0 aliphatic rings. The molecule has 1 atom stereocenters. The Bertz CT molecular complexity index is 1430. The first kappa shape index (κ1) is 26.7. The van der Waals surface area contributed by atoms with Crippen molar-refractivity contribution in [2.45, 2.75) is 39.8 Å². The van der Waals surface area contributed by atoms with Crippen LogP contribution in [-0.2, 0) is 22.6 Å². The minimum absolute atomic E-state index is 0.0883. The van der Waals surface area contributed by atoms with Crippen molar-refractivity contribution in [1.29, 1.82) is 0 Å². The van der Waals surface area contributed by atoms with Gasteiger partial charge in [0.2, 0.25) is 0 Å². The predicted octanol–water partition coefficient (Wildman–Crippen LogP) is 4.77. The van der Waals surface area contributed by atoms with E-state index in [4.69, 9.17) is 16.3 Å². The Morgan fingerprint density at radius 3 is 2.66 bits per heavy atom. The summed E-state index contributed by atoms with van der Waals surface area (Å²) in [5.41, 5.74) is 8.77. The predicted molar refractivity (Wildman–Crippen MR) is 147 cm³/mol. The zero-order chi connectivity index (χ0) is 27.1. The van der Waals surface area contributed by atoms with Gasteiger partial charge in [-0.2, -0.15) is 5.10 Å². The summed E-state index contributed by atoms with van der Waals surface area (Å²) in [5, 5.41) is 7.46. The van der Waals surface area contributed by atoms with E-state index in [1.165, 1.54) is 6.33 Å². The fourth-order valence-electron chi connectivity index (χ4n) is 4.01. The van der Waals surface area contributed by atoms with Crippen LogP contribution in [0.1, 0.15) is 33.8 Å². The number of imidazole rings is 1. The molecular weight excluding hydrogens is 504 g/mol. The van der Waals surface area contributed by atoms with E-state index in [9.17, 15) is 9.59 Å². The van der Waals surface area contributed by atoms with Gasteiger partial charge in [0.05, 0.1) is 12.5 Å². The summed E-state index contributed by atoms with van der Waals surface area (Å²) in [5.74, 6) is -0.494. The first-order valence-electron chi connectivity index (χ1n) is 12.0. The van der Waals surface area contributed by atoms with Crippen molar-refractivity contribution in [2.24, 2.45) is 5.10 Å². The van der Waals surface area contributed by atoms with Gasteiger partial charge < -0.3 is 19.6 Å². The second kappa shape index (κ2) is 12.2. The third-order valence-electron chi connectivity index (χ3n) is 6.06. The van der Waals surface area contributed by atoms with Crippen LogP contribution in [0, 0.1) is 20.8 Å². The van der Waals surface area contributed by atoms with E-state index in [-0.39, 0.29) is 13.0 Å². The highest BCUT2D eigenvalue weighted by Crippen LogP contribution is 2.24. The summed E-state index contributed by atoms with van der Waals surface area (Å²) < 4.78 is 7.35. The van der Waals surface area contributed by atoms with E-state index in [2.05, 4.69) is 30.4 Å². The lowest BCUT2D eigenvalue weighted by Crippen LogP contribution is -2.47. The SMILES string of the molecule is Cc1ccc(-n2c(C)cc(/C=N\NC(=O)[C@H](Cc3cnc[nH]3)NC(=O)OCc3ccccc3)c2C)cc1Cl. The van der Waals surface area contributed by atoms with Crippen molar-refractivity contribution in [2.75, 3.05) is 0 Å². The summed E-state index contributed by atoms with van der Waals surface area (Å²) in [4.78, 5) is 32.3. The van der Waals surface area contributed by atoms with Gasteiger partial charge in [-0.05, 0) is 50.1 Å². The average molecular weight is 533 g/mol. The molecule has 0 radical (unpaired) electrons. The highest BCUT2D eigenvalue weighted by atomic mass is 35.5. The second-order valence-corrected chi connectivity index (χ2v) is 9.28. The quantitative estimate of drug-likeness (QED) is 0.213. The molecule has 0 saturated carbocycles. The number of hydrogen-bond donors (Lipinski definition) is 3. The number of aryl methyl sites for hydroxylation is 2. The van der Waals surface area contributed by atoms with Gasteiger partial charge in [0, 0.05) is 46.0 Å². The Balaban J connectivity index is 1.43. The van der Waals surface area contributed by atoms with Gasteiger partial charge in [-0.15, -0.1) is 0 Å². The van der Waals surface area contributed by atoms with Gasteiger partial charge in [0.15, 0.2) is 0 Å². The van der Waals surface area contributed by atoms with Crippen molar-refractivity contribution < 1.29 is 14.3 Å². The lowest BCUT2D eigenvalue weighted by Gasteiger charge is -2.16. The van der Waals surface area contributed by atoms with Crippen molar-refractivity contribution >= 4 is 29.8 Å². The van der Waals surface area contributed by atoms with E-state index < -0.39 is 18.0 Å². The minimum Gasteiger partial charge on any atom is -0.445 e. The van der Waals surface area contributed by atoms with Crippen LogP contribution in [0.2, 0.25) is 5.02 Å². The Morgan fingerprint density at radius 2 is 1.95 bits per heavy atom. The number of aromatic amines is 1. The van der Waals surface area contributed by atoms with Crippen LogP contribution in [0.15, 0.2) is 72.2 Å². The molecule has 38 heavy (non-hydrogen) atoms. The van der Waals surface area contributed by atoms with Crippen molar-refractivity contribution in [3.05, 3.63) is 106 Å². The van der Waals surface area contributed by atoms with E-state index in [1.54, 1.807) is 12.4 Å². The fraction of sp³-hybridized carbons (Fsp3) is 0.214. The van der Waals surface area contributed by atoms with Gasteiger partial charge >= 0.3 is 6.09 Å². The molecule has 2 heterocycles. The molecule has 2 amide bonds. The molecule has 0 fully saturated rings. The molecule has 0 aliphatic carbocycles. The first-order valence-corrected chi connectivity index (χ1v) is 12.4. The second-order valence-electron chi connectivity index (χ2n) is 8.87. The Morgan fingerprint density at radius 1 is 1.16 bits per heavy atom. The number of nitrogens with one attached hydrogen (secondary N) is 3. The summed E-state index contributed by atoms with van der Waals surface area (Å²) in [6.45, 7) is 6.00. The number of rotatable bonds is 9. The van der Waals surface area contributed by atoms with Crippen molar-refractivity contribution in [1.82, 2.24) is 25.3 Å². The number of nitrogens with zero attached hydrogens (tertiary/aromatic N) is 3. The van der Waals surface area contributed by atoms with Gasteiger partial charge in [0.25, 0.3) is 5.91 Å². The standard InChI is InChI=1S/C28H29ClN6O3/c1-18-9-10-24(13-25(18)29)35-19(2)11-22(20(35)3)14-32-34-27(36)26(12-23-15-30-17-31-23)33-28(37)38-16-21-7-5-4-6-8-21/h4-11,13-15,17,26H,12,16H2,1-3H3,(H,30,31)(H,33,37)(H,34,36)/b32-14-/t26-/m0/s1. The Hall–Kier alpha value is -4.37. The number of aromatic nitrogens is 3. The first-order chi connectivity index (χ1) is 18.3. The monoisotopic (exact) mass is 532 g/mol. The minimum atomic E-state index is -0.932. The van der Waals surface area contributed by atoms with Crippen molar-refractivity contribution in [3.63, 3.8) is 0 Å². The van der Waals surface area contributed by atoms with Crippen LogP contribution in [0.4, 0.5) is 4.79 Å². The van der Waals surface area contributed by atoms with Crippen LogP contribution in [-0.4, -0.2) is 38.8 Å². The van der Waals surface area contributed by atoms with E-state index in [0.29, 0.717) is 10.7 Å². The molecule has 0 saturated heterocycles. The molecular formula is C28H29ClN6O3. The highest BCUT2D eigenvalue weighted by Gasteiger charge is 2.22. The number of alkyl carbamates (subject to hydrolysis) is 1. The molecule has 4 aromatic rings. The number of ether oxygens (including phenoxy) is 1. The Kier molecular flexibility index (Phi) is 8.60. The molecule has 0 spiro atoms. The maximum atomic E-state index is 13.0. The van der Waals surface area contributed by atoms with E-state index in [0.717, 1.165) is 33.8 Å². The number of carbonyl (C=O) groups excluding carboxylic acids is 2. The number of benzene rings is 2. The number of hydrazone groups is 1. The van der Waals surface area contributed by atoms with Crippen LogP contribution < -0.4 is 10.7 Å². The summed E-state index contributed by atoms with van der Waals surface area (Å²) >= 11 is 6.33. The molecule has 196 valence electrons. The number of carbonyl (C=O) groups is 2. The third-order valence-corrected chi connectivity index (χ3v) is 6.47. The Labute approximate surface area is 225 Å². The van der Waals surface area contributed by atoms with Crippen LogP contribution in [0.3, 0.4) is 0 Å². The fourth-order valence-corrected chi connectivity index (χ4v) is 4.19. The maximum absolute atomic E-state index is 13.0. The molecule has 9 nitrogen and oxygen atoms in total. The van der Waals surface area contributed by atoms with Crippen molar-refractivity contribution in [3.8, 4) is 5.69 Å². The molecule has 3 N–H and O–H groups in total. The van der Waals surface area contributed by atoms with Gasteiger partial charge in [0.1, 0.15) is 12.6 Å². The molecule has 4 rings (SSSR count).